The number of thiophene rings is 2. The van der Waals surface area contributed by atoms with Crippen LogP contribution in [-0.2, 0) is 10.3 Å². The lowest BCUT2D eigenvalue weighted by molar-refractivity contribution is 0.0622. The zero-order chi connectivity index (χ0) is 11.6. The summed E-state index contributed by atoms with van der Waals surface area (Å²) in [5.74, 6) is 0.345. The lowest BCUT2D eigenvalue weighted by Gasteiger charge is -2.26. The summed E-state index contributed by atoms with van der Waals surface area (Å²) < 4.78 is 5.13. The van der Waals surface area contributed by atoms with E-state index in [-0.39, 0.29) is 0 Å². The summed E-state index contributed by atoms with van der Waals surface area (Å²) in [5.41, 5.74) is -1.23. The molecule has 0 bridgehead atoms. The number of aliphatic hydroxyl groups is 1. The predicted octanol–water partition coefficient (Wildman–Crippen LogP) is 3.21. The molecule has 0 saturated carbocycles. The number of hydrogen-bond donors (Lipinski definition) is 1. The molecule has 0 aliphatic heterocycles. The van der Waals surface area contributed by atoms with Crippen molar-refractivity contribution in [3.05, 3.63) is 57.1 Å². The van der Waals surface area contributed by atoms with Gasteiger partial charge in [-0.3, -0.25) is 0 Å². The van der Waals surface area contributed by atoms with Crippen molar-refractivity contribution in [2.75, 3.05) is 7.11 Å². The molecule has 0 amide bonds. The van der Waals surface area contributed by atoms with Crippen molar-refractivity contribution in [2.24, 2.45) is 0 Å². The van der Waals surface area contributed by atoms with Crippen LogP contribution in [0.2, 0.25) is 0 Å². The van der Waals surface area contributed by atoms with Crippen LogP contribution in [0.1, 0.15) is 9.75 Å². The van der Waals surface area contributed by atoms with Crippen LogP contribution in [0, 0.1) is 0 Å². The van der Waals surface area contributed by atoms with Gasteiger partial charge in [0.25, 0.3) is 0 Å². The maximum atomic E-state index is 10.8. The van der Waals surface area contributed by atoms with E-state index in [0.717, 1.165) is 9.75 Å². The van der Waals surface area contributed by atoms with Crippen molar-refractivity contribution in [1.29, 1.82) is 0 Å². The molecule has 0 unspecified atom stereocenters. The van der Waals surface area contributed by atoms with Gasteiger partial charge in [0.05, 0.1) is 7.11 Å². The molecule has 0 aliphatic rings. The fraction of sp³-hybridized carbons (Fsp3) is 0.167. The SMILES string of the molecule is C=C(OC)C(O)(c1cccs1)c1cccs1. The average Bonchev–Trinajstić information content (AvgIpc) is 2.98. The van der Waals surface area contributed by atoms with Gasteiger partial charge in [0.1, 0.15) is 5.76 Å². The minimum atomic E-state index is -1.23. The highest BCUT2D eigenvalue weighted by Crippen LogP contribution is 2.40. The normalized spacial score (nSPS) is 11.4. The monoisotopic (exact) mass is 252 g/mol. The molecule has 2 rings (SSSR count). The molecule has 2 nitrogen and oxygen atoms in total. The Balaban J connectivity index is 2.54. The number of rotatable bonds is 4. The van der Waals surface area contributed by atoms with Crippen molar-refractivity contribution in [2.45, 2.75) is 5.60 Å². The lowest BCUT2D eigenvalue weighted by Crippen LogP contribution is -2.28. The van der Waals surface area contributed by atoms with E-state index in [9.17, 15) is 5.11 Å². The van der Waals surface area contributed by atoms with Gasteiger partial charge in [-0.15, -0.1) is 22.7 Å². The third-order valence-corrected chi connectivity index (χ3v) is 4.36. The quantitative estimate of drug-likeness (QED) is 0.847. The van der Waals surface area contributed by atoms with Crippen molar-refractivity contribution in [3.8, 4) is 0 Å². The molecule has 4 heteroatoms. The van der Waals surface area contributed by atoms with Crippen molar-refractivity contribution >= 4 is 22.7 Å². The van der Waals surface area contributed by atoms with Gasteiger partial charge in [-0.2, -0.15) is 0 Å². The molecule has 0 spiro atoms. The van der Waals surface area contributed by atoms with E-state index in [1.807, 2.05) is 35.0 Å². The van der Waals surface area contributed by atoms with Crippen LogP contribution in [0.5, 0.6) is 0 Å². The molecule has 0 radical (unpaired) electrons. The van der Waals surface area contributed by atoms with E-state index < -0.39 is 5.60 Å². The van der Waals surface area contributed by atoms with E-state index in [4.69, 9.17) is 4.74 Å². The highest BCUT2D eigenvalue weighted by Gasteiger charge is 2.38. The summed E-state index contributed by atoms with van der Waals surface area (Å²) in [6, 6.07) is 7.58. The van der Waals surface area contributed by atoms with Gasteiger partial charge in [-0.05, 0) is 22.9 Å². The molecular formula is C12H12O2S2. The molecule has 2 heterocycles. The predicted molar refractivity (Wildman–Crippen MR) is 67.8 cm³/mol. The summed E-state index contributed by atoms with van der Waals surface area (Å²) in [4.78, 5) is 1.64. The van der Waals surface area contributed by atoms with Crippen LogP contribution in [-0.4, -0.2) is 12.2 Å². The van der Waals surface area contributed by atoms with Crippen molar-refractivity contribution in [1.82, 2.24) is 0 Å². The first-order chi connectivity index (χ1) is 7.69. The molecular weight excluding hydrogens is 240 g/mol. The van der Waals surface area contributed by atoms with Crippen LogP contribution >= 0.6 is 22.7 Å². The lowest BCUT2D eigenvalue weighted by atomic mass is 9.98. The van der Waals surface area contributed by atoms with E-state index >= 15 is 0 Å². The van der Waals surface area contributed by atoms with Crippen molar-refractivity contribution in [3.63, 3.8) is 0 Å². The molecule has 1 N–H and O–H groups in total. The fourth-order valence-corrected chi connectivity index (χ4v) is 3.29. The van der Waals surface area contributed by atoms with Gasteiger partial charge in [0.15, 0.2) is 5.60 Å². The van der Waals surface area contributed by atoms with Gasteiger partial charge in [0.2, 0.25) is 0 Å². The highest BCUT2D eigenvalue weighted by molar-refractivity contribution is 7.11. The molecule has 2 aromatic heterocycles. The first-order valence-corrected chi connectivity index (χ1v) is 6.49. The van der Waals surface area contributed by atoms with E-state index in [1.165, 1.54) is 29.8 Å². The number of hydrogen-bond acceptors (Lipinski definition) is 4. The Hall–Kier alpha value is -1.10. The fourth-order valence-electron chi connectivity index (χ4n) is 1.51. The van der Waals surface area contributed by atoms with Crippen LogP contribution in [0.3, 0.4) is 0 Å². The first kappa shape index (κ1) is 11.4. The molecule has 0 saturated heterocycles. The molecule has 84 valence electrons. The van der Waals surface area contributed by atoms with Gasteiger partial charge < -0.3 is 9.84 Å². The van der Waals surface area contributed by atoms with Gasteiger partial charge >= 0.3 is 0 Å². The van der Waals surface area contributed by atoms with E-state index in [1.54, 1.807) is 0 Å². The Morgan fingerprint density at radius 2 is 1.75 bits per heavy atom. The zero-order valence-corrected chi connectivity index (χ0v) is 10.5. The zero-order valence-electron chi connectivity index (χ0n) is 8.84. The van der Waals surface area contributed by atoms with Crippen LogP contribution in [0.4, 0.5) is 0 Å². The van der Waals surface area contributed by atoms with E-state index in [0.29, 0.717) is 5.76 Å². The largest absolute Gasteiger partial charge is 0.498 e. The van der Waals surface area contributed by atoms with Gasteiger partial charge in [-0.1, -0.05) is 18.7 Å². The summed E-state index contributed by atoms with van der Waals surface area (Å²) in [6.07, 6.45) is 0. The smallest absolute Gasteiger partial charge is 0.190 e. The molecule has 0 atom stereocenters. The summed E-state index contributed by atoms with van der Waals surface area (Å²) in [7, 11) is 1.52. The third kappa shape index (κ3) is 1.69. The standard InChI is InChI=1S/C12H12O2S2/c1-9(14-2)12(13,10-5-3-7-15-10)11-6-4-8-16-11/h3-8,13H,1H2,2H3. The van der Waals surface area contributed by atoms with Crippen LogP contribution in [0.25, 0.3) is 0 Å². The van der Waals surface area contributed by atoms with Gasteiger partial charge in [0, 0.05) is 9.75 Å². The Labute approximate surface area is 102 Å². The summed E-state index contributed by atoms with van der Waals surface area (Å²) in [6.45, 7) is 3.80. The summed E-state index contributed by atoms with van der Waals surface area (Å²) in [5, 5.41) is 14.7. The second-order valence-electron chi connectivity index (χ2n) is 3.29. The maximum Gasteiger partial charge on any atom is 0.190 e. The second kappa shape index (κ2) is 4.41. The topological polar surface area (TPSA) is 29.5 Å². The average molecular weight is 252 g/mol. The van der Waals surface area contributed by atoms with Crippen LogP contribution in [0.15, 0.2) is 47.4 Å². The molecule has 16 heavy (non-hydrogen) atoms. The van der Waals surface area contributed by atoms with Gasteiger partial charge in [-0.25, -0.2) is 0 Å². The Bertz CT molecular complexity index is 423. The van der Waals surface area contributed by atoms with Crippen molar-refractivity contribution < 1.29 is 9.84 Å². The maximum absolute atomic E-state index is 10.8. The molecule has 2 aromatic rings. The minimum absolute atomic E-state index is 0.345. The second-order valence-corrected chi connectivity index (χ2v) is 5.19. The Morgan fingerprint density at radius 1 is 1.25 bits per heavy atom. The Morgan fingerprint density at radius 3 is 2.06 bits per heavy atom. The van der Waals surface area contributed by atoms with Crippen LogP contribution < -0.4 is 0 Å². The highest BCUT2D eigenvalue weighted by atomic mass is 32.1. The summed E-state index contributed by atoms with van der Waals surface area (Å²) >= 11 is 2.98. The number of methoxy groups -OCH3 is 1. The first-order valence-electron chi connectivity index (χ1n) is 4.73. The molecule has 0 aromatic carbocycles. The third-order valence-electron chi connectivity index (χ3n) is 2.41. The molecule has 0 fully saturated rings. The minimum Gasteiger partial charge on any atom is -0.498 e. The number of ether oxygens (including phenoxy) is 1. The molecule has 0 aliphatic carbocycles. The Kier molecular flexibility index (Phi) is 3.14. The van der Waals surface area contributed by atoms with E-state index in [2.05, 4.69) is 6.58 Å².